The van der Waals surface area contributed by atoms with Gasteiger partial charge in [-0.3, -0.25) is 0 Å². The van der Waals surface area contributed by atoms with Gasteiger partial charge in [-0.05, 0) is 54.3 Å². The first-order chi connectivity index (χ1) is 17.4. The lowest BCUT2D eigenvalue weighted by molar-refractivity contribution is 0.303. The zero-order valence-corrected chi connectivity index (χ0v) is 19.6. The molecule has 4 aromatic carbocycles. The van der Waals surface area contributed by atoms with E-state index in [-0.39, 0.29) is 16.7 Å². The van der Waals surface area contributed by atoms with Crippen molar-refractivity contribution in [3.05, 3.63) is 112 Å². The van der Waals surface area contributed by atoms with Crippen molar-refractivity contribution in [2.75, 3.05) is 6.61 Å². The van der Waals surface area contributed by atoms with E-state index in [0.717, 1.165) is 37.5 Å². The normalized spacial score (nSPS) is 10.4. The van der Waals surface area contributed by atoms with Gasteiger partial charge in [0.2, 0.25) is 0 Å². The van der Waals surface area contributed by atoms with Crippen LogP contribution in [0.2, 0.25) is 0 Å². The van der Waals surface area contributed by atoms with Crippen LogP contribution in [-0.4, -0.2) is 6.61 Å². The Balaban J connectivity index is 1.46. The summed E-state index contributed by atoms with van der Waals surface area (Å²) < 4.78 is 61.4. The van der Waals surface area contributed by atoms with Crippen molar-refractivity contribution < 1.29 is 22.3 Å². The van der Waals surface area contributed by atoms with Crippen LogP contribution in [0.4, 0.5) is 17.6 Å². The second-order valence-corrected chi connectivity index (χ2v) is 8.19. The first kappa shape index (κ1) is 24.9. The lowest BCUT2D eigenvalue weighted by atomic mass is 10.1. The molecule has 0 heterocycles. The SMILES string of the molecule is CCCCCOc1cc(F)c(C#Cc2ccc(C#Cc3ccc4c(F)c(F)ccc4c3)cc2)c(F)c1. The van der Waals surface area contributed by atoms with Crippen LogP contribution in [0.15, 0.2) is 66.7 Å². The Morgan fingerprint density at radius 3 is 1.92 bits per heavy atom. The van der Waals surface area contributed by atoms with Gasteiger partial charge in [-0.1, -0.05) is 55.6 Å². The van der Waals surface area contributed by atoms with E-state index < -0.39 is 23.3 Å². The number of ether oxygens (including phenoxy) is 1. The third kappa shape index (κ3) is 6.06. The fourth-order valence-electron chi connectivity index (χ4n) is 3.55. The van der Waals surface area contributed by atoms with E-state index in [1.54, 1.807) is 36.4 Å². The highest BCUT2D eigenvalue weighted by Crippen LogP contribution is 2.22. The van der Waals surface area contributed by atoms with Crippen molar-refractivity contribution in [3.8, 4) is 29.4 Å². The van der Waals surface area contributed by atoms with Gasteiger partial charge >= 0.3 is 0 Å². The van der Waals surface area contributed by atoms with Crippen LogP contribution < -0.4 is 4.74 Å². The van der Waals surface area contributed by atoms with Crippen molar-refractivity contribution in [3.63, 3.8) is 0 Å². The van der Waals surface area contributed by atoms with Crippen LogP contribution in [0.5, 0.6) is 5.75 Å². The molecule has 0 aromatic heterocycles. The molecule has 180 valence electrons. The smallest absolute Gasteiger partial charge is 0.166 e. The molecule has 0 unspecified atom stereocenters. The lowest BCUT2D eigenvalue weighted by Gasteiger charge is -2.07. The quantitative estimate of drug-likeness (QED) is 0.159. The molecule has 0 aliphatic carbocycles. The molecule has 4 aromatic rings. The summed E-state index contributed by atoms with van der Waals surface area (Å²) in [5, 5.41) is 0.757. The van der Waals surface area contributed by atoms with E-state index >= 15 is 0 Å². The average molecular weight is 487 g/mol. The Bertz CT molecular complexity index is 1490. The summed E-state index contributed by atoms with van der Waals surface area (Å²) in [6.07, 6.45) is 2.85. The largest absolute Gasteiger partial charge is 0.493 e. The van der Waals surface area contributed by atoms with E-state index in [4.69, 9.17) is 4.74 Å². The van der Waals surface area contributed by atoms with Crippen molar-refractivity contribution in [2.45, 2.75) is 26.2 Å². The monoisotopic (exact) mass is 486 g/mol. The Hall–Kier alpha value is -4.22. The van der Waals surface area contributed by atoms with Crippen LogP contribution in [0.25, 0.3) is 10.8 Å². The van der Waals surface area contributed by atoms with Gasteiger partial charge in [0.1, 0.15) is 17.4 Å². The highest BCUT2D eigenvalue weighted by Gasteiger charge is 2.10. The molecule has 0 aliphatic rings. The summed E-state index contributed by atoms with van der Waals surface area (Å²) in [7, 11) is 0. The predicted molar refractivity (Wildman–Crippen MR) is 134 cm³/mol. The summed E-state index contributed by atoms with van der Waals surface area (Å²) in [6, 6.07) is 16.6. The van der Waals surface area contributed by atoms with Crippen molar-refractivity contribution in [2.24, 2.45) is 0 Å². The number of fused-ring (bicyclic) bond motifs is 1. The Labute approximate surface area is 207 Å². The zero-order chi connectivity index (χ0) is 25.5. The van der Waals surface area contributed by atoms with Gasteiger partial charge in [-0.15, -0.1) is 0 Å². The third-order valence-electron chi connectivity index (χ3n) is 5.51. The van der Waals surface area contributed by atoms with E-state index in [1.807, 2.05) is 0 Å². The number of hydrogen-bond donors (Lipinski definition) is 0. The van der Waals surface area contributed by atoms with Crippen molar-refractivity contribution in [1.82, 2.24) is 0 Å². The fourth-order valence-corrected chi connectivity index (χ4v) is 3.55. The summed E-state index contributed by atoms with van der Waals surface area (Å²) in [6.45, 7) is 2.47. The minimum absolute atomic E-state index is 0.151. The lowest BCUT2D eigenvalue weighted by Crippen LogP contribution is -1.99. The van der Waals surface area contributed by atoms with Gasteiger partial charge < -0.3 is 4.74 Å². The minimum Gasteiger partial charge on any atom is -0.493 e. The number of rotatable bonds is 5. The molecular weight excluding hydrogens is 464 g/mol. The van der Waals surface area contributed by atoms with Crippen LogP contribution in [-0.2, 0) is 0 Å². The van der Waals surface area contributed by atoms with Crippen LogP contribution in [0.1, 0.15) is 48.4 Å². The molecular formula is C31H22F4O. The molecule has 0 N–H and O–H groups in total. The molecule has 5 heteroatoms. The maximum absolute atomic E-state index is 14.4. The summed E-state index contributed by atoms with van der Waals surface area (Å²) in [4.78, 5) is 0. The van der Waals surface area contributed by atoms with Gasteiger partial charge in [-0.25, -0.2) is 17.6 Å². The molecule has 0 aliphatic heterocycles. The van der Waals surface area contributed by atoms with Crippen molar-refractivity contribution in [1.29, 1.82) is 0 Å². The number of unbranched alkanes of at least 4 members (excludes halogenated alkanes) is 2. The third-order valence-corrected chi connectivity index (χ3v) is 5.51. The predicted octanol–water partition coefficient (Wildman–Crippen LogP) is 7.76. The average Bonchev–Trinajstić information content (AvgIpc) is 2.88. The second-order valence-electron chi connectivity index (χ2n) is 8.19. The topological polar surface area (TPSA) is 9.23 Å². The standard InChI is InChI=1S/C31H22F4O/c1-2-3-4-17-36-25-19-29(33)27(30(34)20-25)15-11-22-7-5-21(6-8-22)9-10-23-12-14-26-24(18-23)13-16-28(32)31(26)35/h5-8,12-14,16,18-20H,2-4,17H2,1H3. The summed E-state index contributed by atoms with van der Waals surface area (Å²) in [5.41, 5.74) is 1.61. The van der Waals surface area contributed by atoms with Crippen molar-refractivity contribution >= 4 is 10.8 Å². The van der Waals surface area contributed by atoms with E-state index in [9.17, 15) is 17.6 Å². The molecule has 0 bridgehead atoms. The maximum Gasteiger partial charge on any atom is 0.166 e. The Morgan fingerprint density at radius 1 is 0.639 bits per heavy atom. The van der Waals surface area contributed by atoms with E-state index in [2.05, 4.69) is 30.6 Å². The number of benzene rings is 4. The van der Waals surface area contributed by atoms with Gasteiger partial charge in [0.05, 0.1) is 12.2 Å². The second kappa shape index (κ2) is 11.5. The molecule has 36 heavy (non-hydrogen) atoms. The highest BCUT2D eigenvalue weighted by atomic mass is 19.2. The fraction of sp³-hybridized carbons (Fsp3) is 0.161. The first-order valence-electron chi connectivity index (χ1n) is 11.6. The summed E-state index contributed by atoms with van der Waals surface area (Å²) in [5.74, 6) is 8.16. The molecule has 4 rings (SSSR count). The molecule has 0 fully saturated rings. The van der Waals surface area contributed by atoms with Gasteiger partial charge in [0.15, 0.2) is 11.6 Å². The first-order valence-corrected chi connectivity index (χ1v) is 11.6. The number of halogens is 4. The van der Waals surface area contributed by atoms with Crippen LogP contribution in [0, 0.1) is 47.0 Å². The Kier molecular flexibility index (Phi) is 7.93. The zero-order valence-electron chi connectivity index (χ0n) is 19.6. The van der Waals surface area contributed by atoms with Crippen LogP contribution in [0.3, 0.4) is 0 Å². The molecule has 0 radical (unpaired) electrons. The van der Waals surface area contributed by atoms with Gasteiger partial charge in [-0.2, -0.15) is 0 Å². The Morgan fingerprint density at radius 2 is 1.25 bits per heavy atom. The molecule has 0 atom stereocenters. The highest BCUT2D eigenvalue weighted by molar-refractivity contribution is 5.84. The van der Waals surface area contributed by atoms with E-state index in [1.165, 1.54) is 12.1 Å². The van der Waals surface area contributed by atoms with Crippen LogP contribution >= 0.6 is 0 Å². The molecule has 0 saturated heterocycles. The maximum atomic E-state index is 14.4. The number of hydrogen-bond acceptors (Lipinski definition) is 1. The molecule has 0 saturated carbocycles. The molecule has 0 spiro atoms. The van der Waals surface area contributed by atoms with Gasteiger partial charge in [0, 0.05) is 34.2 Å². The molecule has 0 amide bonds. The van der Waals surface area contributed by atoms with Gasteiger partial charge in [0.25, 0.3) is 0 Å². The minimum atomic E-state index is -0.890. The van der Waals surface area contributed by atoms with E-state index in [0.29, 0.717) is 28.7 Å². The summed E-state index contributed by atoms with van der Waals surface area (Å²) >= 11 is 0. The molecule has 1 nitrogen and oxygen atoms in total.